The molecule has 2 unspecified atom stereocenters. The van der Waals surface area contributed by atoms with Gasteiger partial charge in [0.2, 0.25) is 0 Å². The van der Waals surface area contributed by atoms with Crippen LogP contribution in [0.3, 0.4) is 0 Å². The van der Waals surface area contributed by atoms with Crippen LogP contribution in [0, 0.1) is 11.8 Å². The van der Waals surface area contributed by atoms with Crippen LogP contribution < -0.4 is 10.6 Å². The van der Waals surface area contributed by atoms with E-state index in [1.165, 1.54) is 19.5 Å². The van der Waals surface area contributed by atoms with E-state index in [1.54, 1.807) is 25.4 Å². The minimum absolute atomic E-state index is 0.103. The molecule has 2 rings (SSSR count). The molecule has 1 saturated heterocycles. The molecule has 5 nitrogen and oxygen atoms in total. The summed E-state index contributed by atoms with van der Waals surface area (Å²) in [4.78, 5) is 18.6. The first-order chi connectivity index (χ1) is 10.6. The van der Waals surface area contributed by atoms with E-state index < -0.39 is 0 Å². The molecule has 5 heteroatoms. The molecule has 1 aliphatic heterocycles. The standard InChI is InChI=1S/C17H28N4O/c1-13-10-14(2)12-21(11-13)9-5-8-20-16-15(17(22)18-3)6-4-7-19-16/h4,6-7,13-14H,5,8-12H2,1-3H3,(H,18,22)(H,19,20). The number of carbonyl (C=O) groups is 1. The van der Waals surface area contributed by atoms with Crippen LogP contribution in [-0.4, -0.2) is 49.0 Å². The van der Waals surface area contributed by atoms with Gasteiger partial charge in [0, 0.05) is 32.9 Å². The Labute approximate surface area is 133 Å². The lowest BCUT2D eigenvalue weighted by molar-refractivity contribution is 0.0963. The van der Waals surface area contributed by atoms with Gasteiger partial charge >= 0.3 is 0 Å². The van der Waals surface area contributed by atoms with E-state index in [4.69, 9.17) is 0 Å². The third-order valence-corrected chi connectivity index (χ3v) is 4.17. The molecular weight excluding hydrogens is 276 g/mol. The second-order valence-corrected chi connectivity index (χ2v) is 6.46. The third-order valence-electron chi connectivity index (χ3n) is 4.17. The summed E-state index contributed by atoms with van der Waals surface area (Å²) in [7, 11) is 1.64. The molecule has 0 aromatic carbocycles. The van der Waals surface area contributed by atoms with Crippen molar-refractivity contribution in [2.45, 2.75) is 26.7 Å². The predicted octanol–water partition coefficient (Wildman–Crippen LogP) is 2.22. The van der Waals surface area contributed by atoms with Gasteiger partial charge in [-0.25, -0.2) is 4.98 Å². The van der Waals surface area contributed by atoms with Crippen LogP contribution in [0.1, 0.15) is 37.0 Å². The number of hydrogen-bond donors (Lipinski definition) is 2. The van der Waals surface area contributed by atoms with Gasteiger partial charge in [0.15, 0.2) is 0 Å². The number of pyridine rings is 1. The van der Waals surface area contributed by atoms with Crippen molar-refractivity contribution in [2.75, 3.05) is 38.5 Å². The second-order valence-electron chi connectivity index (χ2n) is 6.46. The number of aromatic nitrogens is 1. The summed E-state index contributed by atoms with van der Waals surface area (Å²) < 4.78 is 0. The smallest absolute Gasteiger partial charge is 0.254 e. The van der Waals surface area contributed by atoms with Gasteiger partial charge in [-0.1, -0.05) is 13.8 Å². The normalized spacial score (nSPS) is 22.3. The maximum atomic E-state index is 11.8. The molecule has 0 bridgehead atoms. The van der Waals surface area contributed by atoms with Crippen LogP contribution in [0.4, 0.5) is 5.82 Å². The second kappa shape index (κ2) is 8.13. The Hall–Kier alpha value is -1.62. The van der Waals surface area contributed by atoms with Gasteiger partial charge in [0.1, 0.15) is 5.82 Å². The molecule has 122 valence electrons. The number of rotatable bonds is 6. The van der Waals surface area contributed by atoms with Crippen LogP contribution >= 0.6 is 0 Å². The number of anilines is 1. The molecule has 2 N–H and O–H groups in total. The summed E-state index contributed by atoms with van der Waals surface area (Å²) in [5.41, 5.74) is 0.602. The van der Waals surface area contributed by atoms with Gasteiger partial charge in [-0.05, 0) is 43.4 Å². The topological polar surface area (TPSA) is 57.3 Å². The molecular formula is C17H28N4O. The van der Waals surface area contributed by atoms with E-state index >= 15 is 0 Å². The van der Waals surface area contributed by atoms with Gasteiger partial charge in [0.05, 0.1) is 5.56 Å². The highest BCUT2D eigenvalue weighted by atomic mass is 16.1. The number of likely N-dealkylation sites (tertiary alicyclic amines) is 1. The highest BCUT2D eigenvalue weighted by molar-refractivity contribution is 5.98. The van der Waals surface area contributed by atoms with Crippen molar-refractivity contribution in [3.05, 3.63) is 23.9 Å². The molecule has 1 fully saturated rings. The summed E-state index contributed by atoms with van der Waals surface area (Å²) in [6.45, 7) is 9.02. The number of hydrogen-bond acceptors (Lipinski definition) is 4. The van der Waals surface area contributed by atoms with E-state index in [1.807, 2.05) is 0 Å². The van der Waals surface area contributed by atoms with Gasteiger partial charge in [-0.2, -0.15) is 0 Å². The van der Waals surface area contributed by atoms with Crippen LogP contribution in [0.5, 0.6) is 0 Å². The predicted molar refractivity (Wildman–Crippen MR) is 90.1 cm³/mol. The number of carbonyl (C=O) groups excluding carboxylic acids is 1. The Morgan fingerprint density at radius 2 is 2.09 bits per heavy atom. The Morgan fingerprint density at radius 3 is 2.77 bits per heavy atom. The van der Waals surface area contributed by atoms with Gasteiger partial charge in [0.25, 0.3) is 5.91 Å². The molecule has 0 spiro atoms. The Morgan fingerprint density at radius 1 is 1.36 bits per heavy atom. The maximum absolute atomic E-state index is 11.8. The highest BCUT2D eigenvalue weighted by Crippen LogP contribution is 2.20. The minimum Gasteiger partial charge on any atom is -0.369 e. The summed E-state index contributed by atoms with van der Waals surface area (Å²) in [6.07, 6.45) is 4.12. The van der Waals surface area contributed by atoms with E-state index in [0.717, 1.165) is 31.3 Å². The van der Waals surface area contributed by atoms with E-state index in [2.05, 4.69) is 34.4 Å². The van der Waals surface area contributed by atoms with Crippen molar-refractivity contribution in [1.82, 2.24) is 15.2 Å². The Balaban J connectivity index is 1.78. The Kier molecular flexibility index (Phi) is 6.19. The number of nitrogens with one attached hydrogen (secondary N) is 2. The number of piperidine rings is 1. The average Bonchev–Trinajstić information content (AvgIpc) is 2.50. The van der Waals surface area contributed by atoms with Crippen molar-refractivity contribution in [3.63, 3.8) is 0 Å². The minimum atomic E-state index is -0.103. The molecule has 1 aromatic rings. The quantitative estimate of drug-likeness (QED) is 0.791. The molecule has 1 aliphatic rings. The summed E-state index contributed by atoms with van der Waals surface area (Å²) in [5.74, 6) is 2.16. The maximum Gasteiger partial charge on any atom is 0.254 e. The monoisotopic (exact) mass is 304 g/mol. The molecule has 22 heavy (non-hydrogen) atoms. The van der Waals surface area contributed by atoms with E-state index in [9.17, 15) is 4.79 Å². The lowest BCUT2D eigenvalue weighted by Gasteiger charge is -2.34. The fourth-order valence-electron chi connectivity index (χ4n) is 3.35. The summed E-state index contributed by atoms with van der Waals surface area (Å²) >= 11 is 0. The molecule has 0 saturated carbocycles. The van der Waals surface area contributed by atoms with Gasteiger partial charge in [-0.15, -0.1) is 0 Å². The van der Waals surface area contributed by atoms with E-state index in [0.29, 0.717) is 11.4 Å². The summed E-state index contributed by atoms with van der Waals surface area (Å²) in [6, 6.07) is 3.58. The first kappa shape index (κ1) is 16.7. The first-order valence-electron chi connectivity index (χ1n) is 8.23. The van der Waals surface area contributed by atoms with Gasteiger partial charge in [-0.3, -0.25) is 4.79 Å². The fraction of sp³-hybridized carbons (Fsp3) is 0.647. The number of amides is 1. The zero-order valence-electron chi connectivity index (χ0n) is 13.9. The van der Waals surface area contributed by atoms with Gasteiger partial charge < -0.3 is 15.5 Å². The zero-order valence-corrected chi connectivity index (χ0v) is 13.9. The molecule has 0 aliphatic carbocycles. The van der Waals surface area contributed by atoms with Crippen molar-refractivity contribution in [2.24, 2.45) is 11.8 Å². The van der Waals surface area contributed by atoms with Crippen molar-refractivity contribution >= 4 is 11.7 Å². The van der Waals surface area contributed by atoms with Crippen molar-refractivity contribution in [3.8, 4) is 0 Å². The van der Waals surface area contributed by atoms with Crippen LogP contribution in [0.15, 0.2) is 18.3 Å². The molecule has 2 heterocycles. The number of nitrogens with zero attached hydrogens (tertiary/aromatic N) is 2. The first-order valence-corrected chi connectivity index (χ1v) is 8.23. The highest BCUT2D eigenvalue weighted by Gasteiger charge is 2.21. The Bertz CT molecular complexity index is 481. The molecule has 0 radical (unpaired) electrons. The molecule has 1 aromatic heterocycles. The van der Waals surface area contributed by atoms with Crippen LogP contribution in [0.2, 0.25) is 0 Å². The average molecular weight is 304 g/mol. The lowest BCUT2D eigenvalue weighted by atomic mass is 9.92. The molecule has 2 atom stereocenters. The molecule has 1 amide bonds. The van der Waals surface area contributed by atoms with E-state index in [-0.39, 0.29) is 5.91 Å². The van der Waals surface area contributed by atoms with Crippen molar-refractivity contribution < 1.29 is 4.79 Å². The SMILES string of the molecule is CNC(=O)c1cccnc1NCCCN1CC(C)CC(C)C1. The third kappa shape index (κ3) is 4.70. The van der Waals surface area contributed by atoms with Crippen LogP contribution in [-0.2, 0) is 0 Å². The lowest BCUT2D eigenvalue weighted by Crippen LogP contribution is -2.39. The fourth-order valence-corrected chi connectivity index (χ4v) is 3.35. The zero-order chi connectivity index (χ0) is 15.9. The van der Waals surface area contributed by atoms with Crippen LogP contribution in [0.25, 0.3) is 0 Å². The largest absolute Gasteiger partial charge is 0.369 e. The summed E-state index contributed by atoms with van der Waals surface area (Å²) in [5, 5.41) is 5.94. The van der Waals surface area contributed by atoms with Crippen molar-refractivity contribution in [1.29, 1.82) is 0 Å².